The van der Waals surface area contributed by atoms with E-state index < -0.39 is 0 Å². The van der Waals surface area contributed by atoms with Gasteiger partial charge in [0.2, 0.25) is 0 Å². The Morgan fingerprint density at radius 3 is 1.72 bits per heavy atom. The van der Waals surface area contributed by atoms with Crippen molar-refractivity contribution in [2.45, 2.75) is 13.0 Å². The summed E-state index contributed by atoms with van der Waals surface area (Å²) in [6, 6.07) is 71.0. The summed E-state index contributed by atoms with van der Waals surface area (Å²) in [5, 5.41) is 5.82. The molecule has 10 aromatic rings. The van der Waals surface area contributed by atoms with Gasteiger partial charge < -0.3 is 4.57 Å². The Bertz CT molecular complexity index is 3220. The van der Waals surface area contributed by atoms with E-state index in [1.54, 1.807) is 0 Å². The van der Waals surface area contributed by atoms with Gasteiger partial charge in [-0.2, -0.15) is 0 Å². The predicted molar refractivity (Wildman–Crippen MR) is 242 cm³/mol. The Morgan fingerprint density at radius 1 is 0.448 bits per heavy atom. The SMILES string of the molecule is CC1C(c2ccc(-c3ccccc3)cc2)=NC(c2ccccc2)=NC1c1ccc(-n2c3ccccc3c3c(-c4ccccc4)nc4ccccc4c32)c2ccccc12. The Kier molecular flexibility index (Phi) is 8.14. The molecule has 4 heteroatoms. The number of aromatic nitrogens is 2. The summed E-state index contributed by atoms with van der Waals surface area (Å²) in [4.78, 5) is 16.1. The number of fused-ring (bicyclic) bond motifs is 6. The van der Waals surface area contributed by atoms with Gasteiger partial charge in [0.05, 0.1) is 39.7 Å². The minimum Gasteiger partial charge on any atom is -0.308 e. The number of aliphatic imine (C=N–C) groups is 2. The van der Waals surface area contributed by atoms with Crippen LogP contribution in [0.1, 0.15) is 29.7 Å². The van der Waals surface area contributed by atoms with Gasteiger partial charge in [-0.25, -0.2) is 9.98 Å². The Hall–Kier alpha value is -7.43. The van der Waals surface area contributed by atoms with E-state index in [4.69, 9.17) is 15.0 Å². The van der Waals surface area contributed by atoms with Crippen molar-refractivity contribution < 1.29 is 0 Å². The highest BCUT2D eigenvalue weighted by Crippen LogP contribution is 2.44. The molecular weight excluding hydrogens is 705 g/mol. The number of benzene rings is 8. The van der Waals surface area contributed by atoms with E-state index in [1.165, 1.54) is 32.8 Å². The fraction of sp³-hybridized carbons (Fsp3) is 0.0556. The molecule has 1 aliphatic heterocycles. The van der Waals surface area contributed by atoms with Crippen LogP contribution in [0.25, 0.3) is 71.6 Å². The number of nitrogens with zero attached hydrogens (tertiary/aromatic N) is 4. The number of hydrogen-bond donors (Lipinski definition) is 0. The van der Waals surface area contributed by atoms with Crippen LogP contribution in [0, 0.1) is 5.92 Å². The van der Waals surface area contributed by atoms with Crippen LogP contribution in [-0.4, -0.2) is 21.1 Å². The van der Waals surface area contributed by atoms with E-state index in [-0.39, 0.29) is 12.0 Å². The molecule has 11 rings (SSSR count). The van der Waals surface area contributed by atoms with E-state index in [0.717, 1.165) is 66.9 Å². The molecule has 8 aromatic carbocycles. The molecule has 0 saturated heterocycles. The Balaban J connectivity index is 1.12. The van der Waals surface area contributed by atoms with Gasteiger partial charge >= 0.3 is 0 Å². The Morgan fingerprint density at radius 2 is 1.00 bits per heavy atom. The summed E-state index contributed by atoms with van der Waals surface area (Å²) >= 11 is 0. The van der Waals surface area contributed by atoms with Crippen molar-refractivity contribution in [2.24, 2.45) is 15.9 Å². The highest BCUT2D eigenvalue weighted by molar-refractivity contribution is 6.23. The average Bonchev–Trinajstić information content (AvgIpc) is 3.65. The van der Waals surface area contributed by atoms with Crippen LogP contribution < -0.4 is 0 Å². The molecule has 2 unspecified atom stereocenters. The normalized spacial score (nSPS) is 15.5. The molecule has 3 heterocycles. The van der Waals surface area contributed by atoms with Gasteiger partial charge in [-0.3, -0.25) is 4.99 Å². The molecule has 274 valence electrons. The zero-order valence-electron chi connectivity index (χ0n) is 32.0. The topological polar surface area (TPSA) is 42.5 Å². The molecule has 58 heavy (non-hydrogen) atoms. The smallest absolute Gasteiger partial charge is 0.155 e. The second-order valence-corrected chi connectivity index (χ2v) is 15.1. The van der Waals surface area contributed by atoms with E-state index in [2.05, 4.69) is 206 Å². The second kappa shape index (κ2) is 13.9. The van der Waals surface area contributed by atoms with Crippen molar-refractivity contribution in [1.29, 1.82) is 0 Å². The highest BCUT2D eigenvalue weighted by Gasteiger charge is 2.31. The van der Waals surface area contributed by atoms with Crippen LogP contribution in [-0.2, 0) is 0 Å². The monoisotopic (exact) mass is 742 g/mol. The predicted octanol–water partition coefficient (Wildman–Crippen LogP) is 13.4. The van der Waals surface area contributed by atoms with Crippen LogP contribution in [0.4, 0.5) is 0 Å². The van der Waals surface area contributed by atoms with Crippen LogP contribution in [0.15, 0.2) is 210 Å². The molecule has 2 atom stereocenters. The molecule has 0 fully saturated rings. The zero-order valence-corrected chi connectivity index (χ0v) is 32.0. The van der Waals surface area contributed by atoms with Crippen molar-refractivity contribution in [3.05, 3.63) is 217 Å². The molecule has 1 aliphatic rings. The first-order valence-corrected chi connectivity index (χ1v) is 20.0. The maximum atomic E-state index is 5.49. The molecular formula is C54H38N4. The van der Waals surface area contributed by atoms with Gasteiger partial charge in [0.15, 0.2) is 5.84 Å². The average molecular weight is 743 g/mol. The number of para-hydroxylation sites is 2. The van der Waals surface area contributed by atoms with Gasteiger partial charge in [-0.15, -0.1) is 0 Å². The largest absolute Gasteiger partial charge is 0.308 e. The summed E-state index contributed by atoms with van der Waals surface area (Å²) in [5.74, 6) is 0.773. The van der Waals surface area contributed by atoms with Crippen molar-refractivity contribution >= 4 is 55.0 Å². The van der Waals surface area contributed by atoms with Crippen LogP contribution >= 0.6 is 0 Å². The molecule has 4 nitrogen and oxygen atoms in total. The molecule has 2 aromatic heterocycles. The molecule has 0 aliphatic carbocycles. The van der Waals surface area contributed by atoms with Gasteiger partial charge in [0.25, 0.3) is 0 Å². The molecule has 0 amide bonds. The summed E-state index contributed by atoms with van der Waals surface area (Å²) in [6.45, 7) is 2.28. The van der Waals surface area contributed by atoms with Crippen molar-refractivity contribution in [2.75, 3.05) is 0 Å². The summed E-state index contributed by atoms with van der Waals surface area (Å²) in [5.41, 5.74) is 13.2. The Labute approximate surface area is 337 Å². The molecule has 0 saturated carbocycles. The first-order chi connectivity index (χ1) is 28.7. The van der Waals surface area contributed by atoms with E-state index >= 15 is 0 Å². The summed E-state index contributed by atoms with van der Waals surface area (Å²) < 4.78 is 2.47. The fourth-order valence-electron chi connectivity index (χ4n) is 8.99. The third kappa shape index (κ3) is 5.56. The standard InChI is InChI=1S/C54H38N4/c1-35-50(39-31-29-37(30-32-39)36-17-5-2-6-18-36)56-54(40-21-9-4-10-22-40)57-51(35)43-33-34-48(42-24-12-11-23-41(42)43)58-47-28-16-14-26-45(47)49-52(38-19-7-3-8-20-38)55-46-27-15-13-25-44(46)53(49)58/h2-35,51H,1H3. The van der Waals surface area contributed by atoms with Gasteiger partial charge in [-0.05, 0) is 45.8 Å². The molecule has 0 radical (unpaired) electrons. The molecule has 0 N–H and O–H groups in total. The lowest BCUT2D eigenvalue weighted by Crippen LogP contribution is -2.26. The third-order valence-electron chi connectivity index (χ3n) is 11.8. The van der Waals surface area contributed by atoms with E-state index in [0.29, 0.717) is 0 Å². The number of hydrogen-bond acceptors (Lipinski definition) is 3. The number of rotatable bonds is 6. The van der Waals surface area contributed by atoms with Crippen LogP contribution in [0.5, 0.6) is 0 Å². The first-order valence-electron chi connectivity index (χ1n) is 20.0. The quantitative estimate of drug-likeness (QED) is 0.167. The maximum absolute atomic E-state index is 5.49. The maximum Gasteiger partial charge on any atom is 0.155 e. The second-order valence-electron chi connectivity index (χ2n) is 15.1. The first kappa shape index (κ1) is 33.9. The van der Waals surface area contributed by atoms with Crippen molar-refractivity contribution in [3.8, 4) is 28.1 Å². The van der Waals surface area contributed by atoms with Crippen LogP contribution in [0.3, 0.4) is 0 Å². The lowest BCUT2D eigenvalue weighted by molar-refractivity contribution is 0.596. The lowest BCUT2D eigenvalue weighted by atomic mass is 9.84. The summed E-state index contributed by atoms with van der Waals surface area (Å²) in [7, 11) is 0. The van der Waals surface area contributed by atoms with Crippen molar-refractivity contribution in [1.82, 2.24) is 9.55 Å². The zero-order chi connectivity index (χ0) is 38.6. The fourth-order valence-corrected chi connectivity index (χ4v) is 8.99. The van der Waals surface area contributed by atoms with Gasteiger partial charge in [-0.1, -0.05) is 189 Å². The number of pyridine rings is 1. The third-order valence-corrected chi connectivity index (χ3v) is 11.8. The molecule has 0 spiro atoms. The summed E-state index contributed by atoms with van der Waals surface area (Å²) in [6.07, 6.45) is 0. The lowest BCUT2D eigenvalue weighted by Gasteiger charge is -2.29. The van der Waals surface area contributed by atoms with Crippen molar-refractivity contribution in [3.63, 3.8) is 0 Å². The minimum absolute atomic E-state index is 0.0148. The van der Waals surface area contributed by atoms with Gasteiger partial charge in [0, 0.05) is 38.6 Å². The van der Waals surface area contributed by atoms with Crippen LogP contribution in [0.2, 0.25) is 0 Å². The van der Waals surface area contributed by atoms with Gasteiger partial charge in [0.1, 0.15) is 0 Å². The van der Waals surface area contributed by atoms with E-state index in [9.17, 15) is 0 Å². The minimum atomic E-state index is -0.164. The molecule has 0 bridgehead atoms. The highest BCUT2D eigenvalue weighted by atomic mass is 15.0. The van der Waals surface area contributed by atoms with E-state index in [1.807, 2.05) is 6.07 Å². The number of amidine groups is 1.